The Hall–Kier alpha value is -3.46. The number of thiocarbonyl (C=S) groups is 1. The standard InChI is InChI=1S/C28H35N3O5S/c1-20(2)13-17-35-23-12-6-11-22(18-23)26(33)30-28(37)31-15-14-29-27(34)24(31)19-25(32)36-16-7-10-21-8-4-3-5-9-21/h3-6,8-9,11-12,18,20,24H,7,10,13-17,19H2,1-2H3,(H,29,34)(H,30,33,37). The van der Waals surface area contributed by atoms with Crippen LogP contribution in [0.2, 0.25) is 0 Å². The van der Waals surface area contributed by atoms with E-state index in [1.807, 2.05) is 30.3 Å². The van der Waals surface area contributed by atoms with Gasteiger partial charge in [0.1, 0.15) is 11.8 Å². The molecule has 3 rings (SSSR count). The number of ether oxygens (including phenoxy) is 2. The van der Waals surface area contributed by atoms with E-state index >= 15 is 0 Å². The predicted octanol–water partition coefficient (Wildman–Crippen LogP) is 3.49. The summed E-state index contributed by atoms with van der Waals surface area (Å²) in [5, 5.41) is 5.54. The molecule has 0 spiro atoms. The molecule has 1 aliphatic rings. The molecule has 1 aliphatic heterocycles. The largest absolute Gasteiger partial charge is 0.494 e. The maximum absolute atomic E-state index is 12.9. The van der Waals surface area contributed by atoms with Gasteiger partial charge in [-0.05, 0) is 61.2 Å². The molecule has 1 heterocycles. The average Bonchev–Trinajstić information content (AvgIpc) is 2.88. The molecule has 1 saturated heterocycles. The smallest absolute Gasteiger partial charge is 0.308 e. The number of amides is 2. The van der Waals surface area contributed by atoms with E-state index in [1.165, 1.54) is 5.56 Å². The Morgan fingerprint density at radius 1 is 1.14 bits per heavy atom. The molecule has 198 valence electrons. The number of hydrogen-bond acceptors (Lipinski definition) is 6. The van der Waals surface area contributed by atoms with Crippen LogP contribution in [0.5, 0.6) is 5.75 Å². The number of aryl methyl sites for hydroxylation is 1. The van der Waals surface area contributed by atoms with Gasteiger partial charge in [-0.15, -0.1) is 0 Å². The SMILES string of the molecule is CC(C)CCOc1cccc(C(=O)NC(=S)N2CCNC(=O)C2CC(=O)OCCCc2ccccc2)c1. The Kier molecular flexibility index (Phi) is 10.9. The van der Waals surface area contributed by atoms with E-state index in [0.29, 0.717) is 43.3 Å². The summed E-state index contributed by atoms with van der Waals surface area (Å²) in [6.45, 7) is 5.79. The van der Waals surface area contributed by atoms with E-state index in [0.717, 1.165) is 12.8 Å². The van der Waals surface area contributed by atoms with E-state index in [2.05, 4.69) is 24.5 Å². The first-order valence-electron chi connectivity index (χ1n) is 12.7. The van der Waals surface area contributed by atoms with Crippen LogP contribution in [0.25, 0.3) is 0 Å². The molecule has 1 fully saturated rings. The lowest BCUT2D eigenvalue weighted by Crippen LogP contribution is -2.60. The monoisotopic (exact) mass is 525 g/mol. The number of benzene rings is 2. The summed E-state index contributed by atoms with van der Waals surface area (Å²) in [6, 6.07) is 16.0. The van der Waals surface area contributed by atoms with Gasteiger partial charge in [0, 0.05) is 18.7 Å². The molecule has 2 amide bonds. The summed E-state index contributed by atoms with van der Waals surface area (Å²) in [5.74, 6) is -0.104. The fourth-order valence-electron chi connectivity index (χ4n) is 3.87. The van der Waals surface area contributed by atoms with E-state index in [-0.39, 0.29) is 24.0 Å². The molecule has 0 bridgehead atoms. The van der Waals surface area contributed by atoms with E-state index in [1.54, 1.807) is 29.2 Å². The third-order valence-electron chi connectivity index (χ3n) is 5.95. The van der Waals surface area contributed by atoms with Gasteiger partial charge in [0.25, 0.3) is 5.91 Å². The van der Waals surface area contributed by atoms with Crippen molar-refractivity contribution < 1.29 is 23.9 Å². The Balaban J connectivity index is 1.52. The zero-order valence-corrected chi connectivity index (χ0v) is 22.2. The van der Waals surface area contributed by atoms with Gasteiger partial charge in [0.2, 0.25) is 5.91 Å². The fraction of sp³-hybridized carbons (Fsp3) is 0.429. The van der Waals surface area contributed by atoms with Gasteiger partial charge in [-0.2, -0.15) is 0 Å². The highest BCUT2D eigenvalue weighted by molar-refractivity contribution is 7.80. The molecule has 2 aromatic carbocycles. The molecule has 1 atom stereocenters. The molecule has 1 unspecified atom stereocenters. The molecule has 0 radical (unpaired) electrons. The lowest BCUT2D eigenvalue weighted by atomic mass is 10.1. The van der Waals surface area contributed by atoms with Crippen molar-refractivity contribution in [1.29, 1.82) is 0 Å². The van der Waals surface area contributed by atoms with Crippen LogP contribution in [-0.4, -0.2) is 60.1 Å². The lowest BCUT2D eigenvalue weighted by Gasteiger charge is -2.36. The third kappa shape index (κ3) is 9.17. The number of rotatable bonds is 11. The van der Waals surface area contributed by atoms with Crippen LogP contribution in [0.4, 0.5) is 0 Å². The van der Waals surface area contributed by atoms with Gasteiger partial charge in [-0.3, -0.25) is 19.7 Å². The number of nitrogens with zero attached hydrogens (tertiary/aromatic N) is 1. The van der Waals surface area contributed by atoms with E-state index < -0.39 is 17.9 Å². The summed E-state index contributed by atoms with van der Waals surface area (Å²) in [7, 11) is 0. The average molecular weight is 526 g/mol. The molecule has 9 heteroatoms. The Morgan fingerprint density at radius 3 is 2.68 bits per heavy atom. The molecular weight excluding hydrogens is 490 g/mol. The van der Waals surface area contributed by atoms with Crippen molar-refractivity contribution in [2.24, 2.45) is 5.92 Å². The summed E-state index contributed by atoms with van der Waals surface area (Å²) in [4.78, 5) is 39.5. The van der Waals surface area contributed by atoms with Gasteiger partial charge >= 0.3 is 5.97 Å². The van der Waals surface area contributed by atoms with Crippen LogP contribution in [0, 0.1) is 5.92 Å². The first kappa shape index (κ1) is 28.1. The van der Waals surface area contributed by atoms with Crippen molar-refractivity contribution in [2.75, 3.05) is 26.3 Å². The van der Waals surface area contributed by atoms with Gasteiger partial charge in [-0.25, -0.2) is 0 Å². The van der Waals surface area contributed by atoms with Crippen LogP contribution in [0.1, 0.15) is 49.0 Å². The number of nitrogens with one attached hydrogen (secondary N) is 2. The summed E-state index contributed by atoms with van der Waals surface area (Å²) in [6.07, 6.45) is 2.23. The van der Waals surface area contributed by atoms with Crippen molar-refractivity contribution in [1.82, 2.24) is 15.5 Å². The van der Waals surface area contributed by atoms with Crippen LogP contribution in [0.3, 0.4) is 0 Å². The second-order valence-electron chi connectivity index (χ2n) is 9.33. The molecule has 0 aromatic heterocycles. The second kappa shape index (κ2) is 14.3. The predicted molar refractivity (Wildman–Crippen MR) is 145 cm³/mol. The number of piperazine rings is 1. The number of hydrogen-bond donors (Lipinski definition) is 2. The Labute approximate surface area is 223 Å². The first-order chi connectivity index (χ1) is 17.8. The molecule has 37 heavy (non-hydrogen) atoms. The molecule has 0 aliphatic carbocycles. The topological polar surface area (TPSA) is 97.0 Å². The number of esters is 1. The minimum atomic E-state index is -0.853. The van der Waals surface area contributed by atoms with Crippen molar-refractivity contribution >= 4 is 35.1 Å². The zero-order valence-electron chi connectivity index (χ0n) is 21.4. The van der Waals surface area contributed by atoms with Gasteiger partial charge in [0.15, 0.2) is 5.11 Å². The minimum absolute atomic E-state index is 0.0906. The fourth-order valence-corrected chi connectivity index (χ4v) is 4.18. The van der Waals surface area contributed by atoms with Crippen molar-refractivity contribution in [3.63, 3.8) is 0 Å². The zero-order chi connectivity index (χ0) is 26.6. The summed E-state index contributed by atoms with van der Waals surface area (Å²) >= 11 is 5.46. The van der Waals surface area contributed by atoms with Gasteiger partial charge < -0.3 is 19.7 Å². The summed E-state index contributed by atoms with van der Waals surface area (Å²) in [5.41, 5.74) is 1.56. The van der Waals surface area contributed by atoms with Gasteiger partial charge in [0.05, 0.1) is 19.6 Å². The van der Waals surface area contributed by atoms with Crippen LogP contribution >= 0.6 is 12.2 Å². The first-order valence-corrected chi connectivity index (χ1v) is 13.1. The second-order valence-corrected chi connectivity index (χ2v) is 9.72. The van der Waals surface area contributed by atoms with E-state index in [4.69, 9.17) is 21.7 Å². The molecule has 0 saturated carbocycles. The Bertz CT molecular complexity index is 1080. The van der Waals surface area contributed by atoms with Crippen molar-refractivity contribution in [3.8, 4) is 5.75 Å². The Morgan fingerprint density at radius 2 is 1.92 bits per heavy atom. The molecule has 2 N–H and O–H groups in total. The highest BCUT2D eigenvalue weighted by Gasteiger charge is 2.34. The lowest BCUT2D eigenvalue weighted by molar-refractivity contribution is -0.147. The van der Waals surface area contributed by atoms with Crippen LogP contribution in [0.15, 0.2) is 54.6 Å². The molecule has 8 nitrogen and oxygen atoms in total. The normalized spacial score (nSPS) is 15.2. The van der Waals surface area contributed by atoms with Crippen molar-refractivity contribution in [2.45, 2.75) is 45.6 Å². The molecular formula is C28H35N3O5S. The van der Waals surface area contributed by atoms with Gasteiger partial charge in [-0.1, -0.05) is 50.2 Å². The quantitative estimate of drug-likeness (QED) is 0.263. The maximum Gasteiger partial charge on any atom is 0.308 e. The molecule has 2 aromatic rings. The minimum Gasteiger partial charge on any atom is -0.494 e. The highest BCUT2D eigenvalue weighted by atomic mass is 32.1. The number of carbonyl (C=O) groups excluding carboxylic acids is 3. The highest BCUT2D eigenvalue weighted by Crippen LogP contribution is 2.16. The van der Waals surface area contributed by atoms with Crippen LogP contribution < -0.4 is 15.4 Å². The van der Waals surface area contributed by atoms with E-state index in [9.17, 15) is 14.4 Å². The van der Waals surface area contributed by atoms with Crippen LogP contribution in [-0.2, 0) is 20.7 Å². The van der Waals surface area contributed by atoms with Crippen molar-refractivity contribution in [3.05, 3.63) is 65.7 Å². The third-order valence-corrected chi connectivity index (χ3v) is 6.28. The summed E-state index contributed by atoms with van der Waals surface area (Å²) < 4.78 is 11.1. The number of carbonyl (C=O) groups is 3. The maximum atomic E-state index is 12.9.